The quantitative estimate of drug-likeness (QED) is 0.210. The van der Waals surface area contributed by atoms with Gasteiger partial charge >= 0.3 is 0 Å². The van der Waals surface area contributed by atoms with Crippen molar-refractivity contribution in [2.75, 3.05) is 0 Å². The smallest absolute Gasteiger partial charge is 0.135 e. The molecule has 8 aromatic rings. The monoisotopic (exact) mass is 522 g/mol. The first-order valence-corrected chi connectivity index (χ1v) is 14.0. The van der Waals surface area contributed by atoms with Crippen LogP contribution in [-0.4, -0.2) is 0 Å². The third kappa shape index (κ3) is 4.02. The van der Waals surface area contributed by atoms with Crippen LogP contribution in [0.3, 0.4) is 0 Å². The van der Waals surface area contributed by atoms with Gasteiger partial charge in [-0.05, 0) is 73.1 Å². The Morgan fingerprint density at radius 2 is 0.756 bits per heavy atom. The maximum atomic E-state index is 6.15. The summed E-state index contributed by atoms with van der Waals surface area (Å²) in [5, 5.41) is 6.20. The van der Waals surface area contributed by atoms with E-state index < -0.39 is 0 Å². The predicted octanol–water partition coefficient (Wildman–Crippen LogP) is 11.4. The molecule has 0 fully saturated rings. The molecule has 0 aliphatic carbocycles. The lowest BCUT2D eigenvalue weighted by molar-refractivity contribution is 0.631. The Morgan fingerprint density at radius 1 is 0.317 bits per heavy atom. The van der Waals surface area contributed by atoms with E-state index in [1.165, 1.54) is 54.9 Å². The van der Waals surface area contributed by atoms with Gasteiger partial charge in [0.05, 0.1) is 0 Å². The first-order chi connectivity index (χ1) is 20.3. The Bertz CT molecular complexity index is 2110. The molecule has 0 aliphatic heterocycles. The van der Waals surface area contributed by atoms with E-state index in [0.717, 1.165) is 22.3 Å². The second-order valence-corrected chi connectivity index (χ2v) is 10.5. The molecule has 0 aliphatic rings. The molecule has 0 spiro atoms. The summed E-state index contributed by atoms with van der Waals surface area (Å²) >= 11 is 0. The highest BCUT2D eigenvalue weighted by Gasteiger charge is 2.16. The summed E-state index contributed by atoms with van der Waals surface area (Å²) in [4.78, 5) is 0. The van der Waals surface area contributed by atoms with Crippen LogP contribution in [0.25, 0.3) is 77.2 Å². The second-order valence-electron chi connectivity index (χ2n) is 10.5. The van der Waals surface area contributed by atoms with E-state index in [4.69, 9.17) is 4.42 Å². The zero-order valence-electron chi connectivity index (χ0n) is 22.4. The molecule has 0 saturated heterocycles. The molecule has 0 atom stereocenters. The Balaban J connectivity index is 1.25. The van der Waals surface area contributed by atoms with Gasteiger partial charge in [0, 0.05) is 10.9 Å². The Labute approximate surface area is 238 Å². The highest BCUT2D eigenvalue weighted by molar-refractivity contribution is 6.21. The number of hydrogen-bond donors (Lipinski definition) is 0. The topological polar surface area (TPSA) is 13.1 Å². The lowest BCUT2D eigenvalue weighted by atomic mass is 9.86. The summed E-state index contributed by atoms with van der Waals surface area (Å²) < 4.78 is 6.15. The summed E-state index contributed by atoms with van der Waals surface area (Å²) in [6, 6.07) is 56.2. The van der Waals surface area contributed by atoms with E-state index in [2.05, 4.69) is 140 Å². The van der Waals surface area contributed by atoms with Crippen molar-refractivity contribution in [1.82, 2.24) is 0 Å². The van der Waals surface area contributed by atoms with Gasteiger partial charge in [-0.15, -0.1) is 0 Å². The van der Waals surface area contributed by atoms with Crippen molar-refractivity contribution in [3.8, 4) is 44.7 Å². The van der Waals surface area contributed by atoms with E-state index in [1.54, 1.807) is 0 Å². The van der Waals surface area contributed by atoms with Crippen molar-refractivity contribution < 1.29 is 4.42 Å². The van der Waals surface area contributed by atoms with Gasteiger partial charge < -0.3 is 4.42 Å². The standard InChI is InChI=1S/C40H26O/c1-3-11-28(12-4-1)38-26-32-25-31(23-24-37(32)41-38)27-19-21-30(22-20-27)40-35-17-9-7-15-33(35)39(29-13-5-2-6-14-29)34-16-8-10-18-36(34)40/h1-26H. The summed E-state index contributed by atoms with van der Waals surface area (Å²) in [6.45, 7) is 0. The van der Waals surface area contributed by atoms with E-state index in [0.29, 0.717) is 0 Å². The van der Waals surface area contributed by atoms with Gasteiger partial charge in [0.15, 0.2) is 0 Å². The SMILES string of the molecule is c1ccc(-c2cc3cc(-c4ccc(-c5c6ccccc6c(-c6ccccc6)c6ccccc56)cc4)ccc3o2)cc1. The van der Waals surface area contributed by atoms with Crippen LogP contribution in [0, 0.1) is 0 Å². The molecule has 1 heterocycles. The maximum absolute atomic E-state index is 6.15. The number of hydrogen-bond acceptors (Lipinski definition) is 1. The van der Waals surface area contributed by atoms with Gasteiger partial charge in [-0.3, -0.25) is 0 Å². The molecular weight excluding hydrogens is 496 g/mol. The minimum Gasteiger partial charge on any atom is -0.456 e. The fourth-order valence-electron chi connectivity index (χ4n) is 6.15. The highest BCUT2D eigenvalue weighted by atomic mass is 16.3. The predicted molar refractivity (Wildman–Crippen MR) is 173 cm³/mol. The van der Waals surface area contributed by atoms with Crippen LogP contribution < -0.4 is 0 Å². The number of rotatable bonds is 4. The molecule has 8 rings (SSSR count). The van der Waals surface area contributed by atoms with E-state index in [-0.39, 0.29) is 0 Å². The summed E-state index contributed by atoms with van der Waals surface area (Å²) in [6.07, 6.45) is 0. The second kappa shape index (κ2) is 9.66. The van der Waals surface area contributed by atoms with Crippen LogP contribution in [0.2, 0.25) is 0 Å². The molecule has 1 heteroatoms. The molecular formula is C40H26O. The van der Waals surface area contributed by atoms with Gasteiger partial charge in [-0.2, -0.15) is 0 Å². The van der Waals surface area contributed by atoms with Crippen molar-refractivity contribution in [2.45, 2.75) is 0 Å². The molecule has 1 aromatic heterocycles. The largest absolute Gasteiger partial charge is 0.456 e. The minimum absolute atomic E-state index is 0.894. The normalized spacial score (nSPS) is 11.4. The molecule has 1 nitrogen and oxygen atoms in total. The van der Waals surface area contributed by atoms with Crippen LogP contribution in [0.5, 0.6) is 0 Å². The van der Waals surface area contributed by atoms with Crippen molar-refractivity contribution in [1.29, 1.82) is 0 Å². The molecule has 0 saturated carbocycles. The molecule has 0 radical (unpaired) electrons. The van der Waals surface area contributed by atoms with E-state index >= 15 is 0 Å². The fourth-order valence-corrected chi connectivity index (χ4v) is 6.15. The van der Waals surface area contributed by atoms with Gasteiger partial charge in [0.25, 0.3) is 0 Å². The van der Waals surface area contributed by atoms with Gasteiger partial charge in [-0.1, -0.05) is 140 Å². The van der Waals surface area contributed by atoms with E-state index in [1.807, 2.05) is 18.2 Å². The minimum atomic E-state index is 0.894. The first-order valence-electron chi connectivity index (χ1n) is 14.0. The number of fused-ring (bicyclic) bond motifs is 3. The Kier molecular flexibility index (Phi) is 5.53. The zero-order valence-corrected chi connectivity index (χ0v) is 22.4. The van der Waals surface area contributed by atoms with Crippen molar-refractivity contribution in [2.24, 2.45) is 0 Å². The molecule has 192 valence electrons. The van der Waals surface area contributed by atoms with Gasteiger partial charge in [0.2, 0.25) is 0 Å². The van der Waals surface area contributed by atoms with E-state index in [9.17, 15) is 0 Å². The molecule has 7 aromatic carbocycles. The summed E-state index contributed by atoms with van der Waals surface area (Å²) in [5.41, 5.74) is 9.39. The molecule has 0 N–H and O–H groups in total. The van der Waals surface area contributed by atoms with Crippen LogP contribution in [-0.2, 0) is 0 Å². The zero-order chi connectivity index (χ0) is 27.2. The molecule has 41 heavy (non-hydrogen) atoms. The Hall–Kier alpha value is -5.40. The number of furan rings is 1. The molecule has 0 unspecified atom stereocenters. The van der Waals surface area contributed by atoms with Crippen molar-refractivity contribution in [3.05, 3.63) is 158 Å². The number of benzene rings is 7. The summed E-state index contributed by atoms with van der Waals surface area (Å²) in [5.74, 6) is 0.894. The molecule has 0 amide bonds. The summed E-state index contributed by atoms with van der Waals surface area (Å²) in [7, 11) is 0. The fraction of sp³-hybridized carbons (Fsp3) is 0. The van der Waals surface area contributed by atoms with Crippen LogP contribution in [0.1, 0.15) is 0 Å². The highest BCUT2D eigenvalue weighted by Crippen LogP contribution is 2.43. The third-order valence-corrected chi connectivity index (χ3v) is 8.08. The first kappa shape index (κ1) is 23.5. The molecule has 0 bridgehead atoms. The van der Waals surface area contributed by atoms with Crippen molar-refractivity contribution >= 4 is 32.5 Å². The van der Waals surface area contributed by atoms with Gasteiger partial charge in [0.1, 0.15) is 11.3 Å². The van der Waals surface area contributed by atoms with Crippen LogP contribution in [0.15, 0.2) is 162 Å². The van der Waals surface area contributed by atoms with Crippen LogP contribution >= 0.6 is 0 Å². The average Bonchev–Trinajstić information content (AvgIpc) is 3.48. The lowest BCUT2D eigenvalue weighted by Gasteiger charge is -2.18. The lowest BCUT2D eigenvalue weighted by Crippen LogP contribution is -1.90. The van der Waals surface area contributed by atoms with Crippen LogP contribution in [0.4, 0.5) is 0 Å². The maximum Gasteiger partial charge on any atom is 0.135 e. The average molecular weight is 523 g/mol. The third-order valence-electron chi connectivity index (χ3n) is 8.08. The Morgan fingerprint density at radius 3 is 1.32 bits per heavy atom. The van der Waals surface area contributed by atoms with Crippen molar-refractivity contribution in [3.63, 3.8) is 0 Å². The van der Waals surface area contributed by atoms with Gasteiger partial charge in [-0.25, -0.2) is 0 Å².